The Morgan fingerprint density at radius 2 is 2.38 bits per heavy atom. The van der Waals surface area contributed by atoms with E-state index in [4.69, 9.17) is 17.4 Å². The Bertz CT molecular complexity index is 60.0. The van der Waals surface area contributed by atoms with Gasteiger partial charge in [0.25, 0.3) is 0 Å². The first-order valence-electron chi connectivity index (χ1n) is 2.36. The minimum Gasteiger partial charge on any atom is -0.268 e. The summed E-state index contributed by atoms with van der Waals surface area (Å²) in [7, 11) is 0. The van der Waals surface area contributed by atoms with Crippen LogP contribution >= 0.6 is 34.2 Å². The third-order valence-corrected chi connectivity index (χ3v) is 1.65. The minimum atomic E-state index is 0.148. The van der Waals surface area contributed by atoms with E-state index in [0.717, 1.165) is 11.1 Å². The van der Waals surface area contributed by atoms with Crippen LogP contribution in [-0.2, 0) is 0 Å². The molecule has 0 aromatic rings. The van der Waals surface area contributed by atoms with Gasteiger partial charge in [0.2, 0.25) is 0 Å². The monoisotopic (exact) mass is 248 g/mol. The molecule has 0 saturated heterocycles. The first-order valence-corrected chi connectivity index (χ1v) is 4.32. The first kappa shape index (κ1) is 8.94. The van der Waals surface area contributed by atoms with Crippen LogP contribution in [0, 0.1) is 0 Å². The van der Waals surface area contributed by atoms with Gasteiger partial charge >= 0.3 is 0 Å². The van der Waals surface area contributed by atoms with Gasteiger partial charge in [0.15, 0.2) is 0 Å². The second-order valence-electron chi connectivity index (χ2n) is 1.67. The average molecular weight is 248 g/mol. The molecule has 0 heterocycles. The Morgan fingerprint density at radius 3 is 2.50 bits per heavy atom. The smallest absolute Gasteiger partial charge is 0.0647 e. The molecule has 0 rings (SSSR count). The zero-order valence-corrected chi connectivity index (χ0v) is 7.69. The summed E-state index contributed by atoms with van der Waals surface area (Å²) in [4.78, 5) is 0. The van der Waals surface area contributed by atoms with Crippen molar-refractivity contribution < 1.29 is 0 Å². The SMILES string of the molecule is CC(Cl)CN(N)CI. The molecule has 0 aliphatic rings. The van der Waals surface area contributed by atoms with Gasteiger partial charge in [-0.25, -0.2) is 5.01 Å². The summed E-state index contributed by atoms with van der Waals surface area (Å²) in [5.41, 5.74) is 0. The average Bonchev–Trinajstić information content (AvgIpc) is 1.65. The molecule has 0 saturated carbocycles. The molecule has 0 aromatic carbocycles. The molecule has 0 bridgehead atoms. The molecule has 0 spiro atoms. The van der Waals surface area contributed by atoms with Crippen molar-refractivity contribution in [2.75, 3.05) is 11.1 Å². The highest BCUT2D eigenvalue weighted by molar-refractivity contribution is 14.1. The standard InChI is InChI=1S/C4H10ClIN2/c1-4(5)2-8(7)3-6/h4H,2-3,7H2,1H3. The Morgan fingerprint density at radius 1 is 1.88 bits per heavy atom. The van der Waals surface area contributed by atoms with E-state index >= 15 is 0 Å². The number of hydrogen-bond donors (Lipinski definition) is 1. The quantitative estimate of drug-likeness (QED) is 0.267. The van der Waals surface area contributed by atoms with Crippen molar-refractivity contribution in [3.63, 3.8) is 0 Å². The van der Waals surface area contributed by atoms with Crippen molar-refractivity contribution in [3.8, 4) is 0 Å². The van der Waals surface area contributed by atoms with Crippen molar-refractivity contribution in [1.29, 1.82) is 0 Å². The molecule has 2 nitrogen and oxygen atoms in total. The summed E-state index contributed by atoms with van der Waals surface area (Å²) in [6, 6.07) is 0. The molecule has 0 amide bonds. The van der Waals surface area contributed by atoms with Gasteiger partial charge in [0.05, 0.1) is 4.55 Å². The van der Waals surface area contributed by atoms with E-state index in [2.05, 4.69) is 22.6 Å². The maximum absolute atomic E-state index is 5.63. The van der Waals surface area contributed by atoms with Crippen molar-refractivity contribution in [2.45, 2.75) is 12.3 Å². The van der Waals surface area contributed by atoms with E-state index in [0.29, 0.717) is 0 Å². The topological polar surface area (TPSA) is 29.3 Å². The Labute approximate surface area is 68.5 Å². The fourth-order valence-corrected chi connectivity index (χ4v) is 0.828. The normalized spacial score (nSPS) is 14.6. The molecule has 0 aliphatic heterocycles. The molecule has 0 aromatic heterocycles. The lowest BCUT2D eigenvalue weighted by molar-refractivity contribution is 0.345. The number of hydrogen-bond acceptors (Lipinski definition) is 2. The van der Waals surface area contributed by atoms with Gasteiger partial charge < -0.3 is 0 Å². The van der Waals surface area contributed by atoms with E-state index < -0.39 is 0 Å². The van der Waals surface area contributed by atoms with E-state index in [1.54, 1.807) is 5.01 Å². The van der Waals surface area contributed by atoms with Gasteiger partial charge in [-0.05, 0) is 6.92 Å². The van der Waals surface area contributed by atoms with E-state index in [1.807, 2.05) is 6.92 Å². The molecule has 4 heteroatoms. The van der Waals surface area contributed by atoms with Crippen LogP contribution in [0.25, 0.3) is 0 Å². The van der Waals surface area contributed by atoms with Crippen LogP contribution < -0.4 is 5.84 Å². The largest absolute Gasteiger partial charge is 0.268 e. The lowest BCUT2D eigenvalue weighted by Crippen LogP contribution is -2.33. The lowest BCUT2D eigenvalue weighted by Gasteiger charge is -2.12. The van der Waals surface area contributed by atoms with Crippen molar-refractivity contribution >= 4 is 34.2 Å². The molecular formula is C4H10ClIN2. The minimum absolute atomic E-state index is 0.148. The van der Waals surface area contributed by atoms with Gasteiger partial charge in [0.1, 0.15) is 0 Å². The molecule has 2 N–H and O–H groups in total. The summed E-state index contributed by atoms with van der Waals surface area (Å²) in [6.45, 7) is 2.68. The van der Waals surface area contributed by atoms with Crippen LogP contribution in [0.3, 0.4) is 0 Å². The number of halogens is 2. The van der Waals surface area contributed by atoms with Crippen molar-refractivity contribution in [2.24, 2.45) is 5.84 Å². The highest BCUT2D eigenvalue weighted by atomic mass is 127. The predicted octanol–water partition coefficient (Wildman–Crippen LogP) is 1.18. The number of nitrogens with zero attached hydrogens (tertiary/aromatic N) is 1. The summed E-state index contributed by atoms with van der Waals surface area (Å²) < 4.78 is 0.828. The van der Waals surface area contributed by atoms with Gasteiger partial charge in [-0.15, -0.1) is 11.6 Å². The zero-order chi connectivity index (χ0) is 6.57. The second kappa shape index (κ2) is 4.78. The lowest BCUT2D eigenvalue weighted by atomic mass is 10.5. The fraction of sp³-hybridized carbons (Fsp3) is 1.00. The van der Waals surface area contributed by atoms with E-state index in [-0.39, 0.29) is 5.38 Å². The van der Waals surface area contributed by atoms with Gasteiger partial charge in [-0.1, -0.05) is 22.6 Å². The van der Waals surface area contributed by atoms with Crippen molar-refractivity contribution in [3.05, 3.63) is 0 Å². The third-order valence-electron chi connectivity index (χ3n) is 0.640. The Hall–Kier alpha value is 0.940. The van der Waals surface area contributed by atoms with Gasteiger partial charge in [-0.3, -0.25) is 5.84 Å². The van der Waals surface area contributed by atoms with Crippen molar-refractivity contribution in [1.82, 2.24) is 5.01 Å². The Kier molecular flexibility index (Phi) is 5.35. The molecule has 0 fully saturated rings. The predicted molar refractivity (Wildman–Crippen MR) is 45.1 cm³/mol. The summed E-state index contributed by atoms with van der Waals surface area (Å²) >= 11 is 7.82. The van der Waals surface area contributed by atoms with Crippen LogP contribution in [0.2, 0.25) is 0 Å². The van der Waals surface area contributed by atoms with Gasteiger partial charge in [-0.2, -0.15) is 0 Å². The zero-order valence-electron chi connectivity index (χ0n) is 4.77. The fourth-order valence-electron chi connectivity index (χ4n) is 0.372. The molecule has 8 heavy (non-hydrogen) atoms. The van der Waals surface area contributed by atoms with Crippen LogP contribution in [0.15, 0.2) is 0 Å². The number of alkyl halides is 2. The summed E-state index contributed by atoms with van der Waals surface area (Å²) in [6.07, 6.45) is 0. The molecule has 50 valence electrons. The molecule has 0 aliphatic carbocycles. The number of rotatable bonds is 3. The first-order chi connectivity index (χ1) is 3.66. The summed E-state index contributed by atoms with van der Waals surface area (Å²) in [5, 5.41) is 1.83. The highest BCUT2D eigenvalue weighted by Crippen LogP contribution is 1.95. The maximum Gasteiger partial charge on any atom is 0.0647 e. The van der Waals surface area contributed by atoms with Gasteiger partial charge in [0, 0.05) is 11.9 Å². The summed E-state index contributed by atoms with van der Waals surface area (Å²) in [5.74, 6) is 5.42. The number of nitrogens with two attached hydrogens (primary N) is 1. The van der Waals surface area contributed by atoms with E-state index in [9.17, 15) is 0 Å². The van der Waals surface area contributed by atoms with Crippen LogP contribution in [0.5, 0.6) is 0 Å². The maximum atomic E-state index is 5.63. The Balaban J connectivity index is 3.10. The highest BCUT2D eigenvalue weighted by Gasteiger charge is 1.99. The van der Waals surface area contributed by atoms with Crippen LogP contribution in [-0.4, -0.2) is 21.5 Å². The molecular weight excluding hydrogens is 238 g/mol. The number of hydrazine groups is 1. The van der Waals surface area contributed by atoms with E-state index in [1.165, 1.54) is 0 Å². The van der Waals surface area contributed by atoms with Crippen LogP contribution in [0.1, 0.15) is 6.92 Å². The second-order valence-corrected chi connectivity index (χ2v) is 3.10. The molecule has 0 radical (unpaired) electrons. The third kappa shape index (κ3) is 5.08. The van der Waals surface area contributed by atoms with Crippen LogP contribution in [0.4, 0.5) is 0 Å². The molecule has 1 atom stereocenters. The molecule has 1 unspecified atom stereocenters.